The molecule has 1 heterocycles. The molecule has 8 heteroatoms. The van der Waals surface area contributed by atoms with Crippen molar-refractivity contribution in [3.63, 3.8) is 0 Å². The Balaban J connectivity index is 1.57. The average molecular weight is 449 g/mol. The second-order valence-corrected chi connectivity index (χ2v) is 10.3. The van der Waals surface area contributed by atoms with Crippen molar-refractivity contribution in [1.29, 1.82) is 0 Å². The highest BCUT2D eigenvalue weighted by molar-refractivity contribution is 7.98. The monoisotopic (exact) mass is 448 g/mol. The predicted octanol–water partition coefficient (Wildman–Crippen LogP) is 2.99. The van der Waals surface area contributed by atoms with Gasteiger partial charge in [0, 0.05) is 36.7 Å². The van der Waals surface area contributed by atoms with E-state index in [2.05, 4.69) is 24.4 Å². The number of morpholine rings is 1. The Morgan fingerprint density at radius 1 is 1.10 bits per heavy atom. The first-order valence-corrected chi connectivity index (χ1v) is 12.6. The number of sulfonamides is 1. The molecule has 0 radical (unpaired) electrons. The van der Waals surface area contributed by atoms with E-state index in [1.54, 1.807) is 23.9 Å². The normalized spacial score (nSPS) is 15.1. The molecule has 0 bridgehead atoms. The third-order valence-corrected chi connectivity index (χ3v) is 8.01. The second-order valence-electron chi connectivity index (χ2n) is 7.23. The first-order chi connectivity index (χ1) is 14.4. The van der Waals surface area contributed by atoms with Gasteiger partial charge in [-0.15, -0.1) is 0 Å². The minimum atomic E-state index is -3.63. The van der Waals surface area contributed by atoms with E-state index in [1.165, 1.54) is 21.5 Å². The van der Waals surface area contributed by atoms with Gasteiger partial charge in [0.15, 0.2) is 0 Å². The van der Waals surface area contributed by atoms with Crippen LogP contribution in [0.5, 0.6) is 0 Å². The van der Waals surface area contributed by atoms with E-state index in [0.29, 0.717) is 38.4 Å². The van der Waals surface area contributed by atoms with Crippen molar-refractivity contribution in [2.75, 3.05) is 38.6 Å². The van der Waals surface area contributed by atoms with Crippen LogP contribution in [-0.4, -0.2) is 57.2 Å². The maximum Gasteiger partial charge on any atom is 0.251 e. The van der Waals surface area contributed by atoms with Gasteiger partial charge in [-0.25, -0.2) is 8.42 Å². The van der Waals surface area contributed by atoms with E-state index in [4.69, 9.17) is 4.74 Å². The molecule has 0 atom stereocenters. The molecular weight excluding hydrogens is 420 g/mol. The molecule has 0 unspecified atom stereocenters. The molecule has 1 saturated heterocycles. The highest BCUT2D eigenvalue weighted by atomic mass is 32.2. The zero-order valence-corrected chi connectivity index (χ0v) is 19.0. The largest absolute Gasteiger partial charge is 0.379 e. The summed E-state index contributed by atoms with van der Waals surface area (Å²) in [6.07, 6.45) is 0. The van der Waals surface area contributed by atoms with Crippen molar-refractivity contribution in [3.8, 4) is 0 Å². The van der Waals surface area contributed by atoms with Gasteiger partial charge in [-0.1, -0.05) is 30.3 Å². The molecule has 0 spiro atoms. The predicted molar refractivity (Wildman–Crippen MR) is 120 cm³/mol. The third kappa shape index (κ3) is 5.63. The zero-order valence-electron chi connectivity index (χ0n) is 17.4. The van der Waals surface area contributed by atoms with Gasteiger partial charge in [0.1, 0.15) is 0 Å². The number of benzene rings is 2. The number of aryl methyl sites for hydroxylation is 2. The summed E-state index contributed by atoms with van der Waals surface area (Å²) in [5.74, 6) is 1.43. The molecule has 0 aliphatic carbocycles. The molecule has 0 saturated carbocycles. The fourth-order valence-electron chi connectivity index (χ4n) is 3.23. The van der Waals surface area contributed by atoms with Gasteiger partial charge >= 0.3 is 0 Å². The van der Waals surface area contributed by atoms with Gasteiger partial charge < -0.3 is 10.1 Å². The Morgan fingerprint density at radius 2 is 1.83 bits per heavy atom. The molecule has 1 aliphatic heterocycles. The van der Waals surface area contributed by atoms with Crippen LogP contribution in [0.1, 0.15) is 27.0 Å². The van der Waals surface area contributed by atoms with Crippen LogP contribution in [0.15, 0.2) is 47.4 Å². The summed E-state index contributed by atoms with van der Waals surface area (Å²) in [5, 5.41) is 2.91. The van der Waals surface area contributed by atoms with Crippen molar-refractivity contribution in [2.45, 2.75) is 24.5 Å². The summed E-state index contributed by atoms with van der Waals surface area (Å²) in [4.78, 5) is 12.8. The van der Waals surface area contributed by atoms with E-state index in [-0.39, 0.29) is 10.8 Å². The molecular formula is C22H28N2O4S2. The zero-order chi connectivity index (χ0) is 21.6. The SMILES string of the molecule is Cc1ccccc1CSCCNC(=O)c1cc(S(=O)(=O)N2CCOCC2)ccc1C. The highest BCUT2D eigenvalue weighted by Crippen LogP contribution is 2.21. The van der Waals surface area contributed by atoms with Crippen LogP contribution in [-0.2, 0) is 20.5 Å². The Hall–Kier alpha value is -1.87. The lowest BCUT2D eigenvalue weighted by molar-refractivity contribution is 0.0730. The second kappa shape index (κ2) is 10.4. The number of rotatable bonds is 8. The Morgan fingerprint density at radius 3 is 2.57 bits per heavy atom. The van der Waals surface area contributed by atoms with Crippen LogP contribution in [0.4, 0.5) is 0 Å². The van der Waals surface area contributed by atoms with Crippen molar-refractivity contribution in [1.82, 2.24) is 9.62 Å². The Labute approximate surface area is 183 Å². The Bertz CT molecular complexity index is 986. The number of hydrogen-bond acceptors (Lipinski definition) is 5. The van der Waals surface area contributed by atoms with Crippen molar-refractivity contribution < 1.29 is 17.9 Å². The topological polar surface area (TPSA) is 75.7 Å². The van der Waals surface area contributed by atoms with Crippen LogP contribution >= 0.6 is 11.8 Å². The molecule has 1 N–H and O–H groups in total. The fourth-order valence-corrected chi connectivity index (χ4v) is 5.60. The molecule has 1 amide bonds. The van der Waals surface area contributed by atoms with Gasteiger partial charge in [0.25, 0.3) is 5.91 Å². The van der Waals surface area contributed by atoms with E-state index in [0.717, 1.165) is 17.1 Å². The number of carbonyl (C=O) groups excluding carboxylic acids is 1. The summed E-state index contributed by atoms with van der Waals surface area (Å²) >= 11 is 1.76. The van der Waals surface area contributed by atoms with Gasteiger partial charge in [-0.05, 0) is 42.7 Å². The minimum Gasteiger partial charge on any atom is -0.379 e. The number of thioether (sulfide) groups is 1. The summed E-state index contributed by atoms with van der Waals surface area (Å²) < 4.78 is 32.4. The molecule has 6 nitrogen and oxygen atoms in total. The van der Waals surface area contributed by atoms with Crippen molar-refractivity contribution in [2.24, 2.45) is 0 Å². The lowest BCUT2D eigenvalue weighted by Gasteiger charge is -2.26. The van der Waals surface area contributed by atoms with Crippen LogP contribution < -0.4 is 5.32 Å². The van der Waals surface area contributed by atoms with E-state index < -0.39 is 10.0 Å². The molecule has 162 valence electrons. The quantitative estimate of drug-likeness (QED) is 0.629. The van der Waals surface area contributed by atoms with E-state index in [1.807, 2.05) is 19.1 Å². The van der Waals surface area contributed by atoms with Gasteiger partial charge in [0.2, 0.25) is 10.0 Å². The third-order valence-electron chi connectivity index (χ3n) is 5.11. The number of nitrogens with zero attached hydrogens (tertiary/aromatic N) is 1. The van der Waals surface area contributed by atoms with Crippen molar-refractivity contribution >= 4 is 27.7 Å². The molecule has 0 aromatic heterocycles. The van der Waals surface area contributed by atoms with E-state index >= 15 is 0 Å². The van der Waals surface area contributed by atoms with Crippen LogP contribution in [0.25, 0.3) is 0 Å². The molecule has 2 aromatic carbocycles. The number of amides is 1. The van der Waals surface area contributed by atoms with Crippen LogP contribution in [0.3, 0.4) is 0 Å². The smallest absolute Gasteiger partial charge is 0.251 e. The average Bonchev–Trinajstić information content (AvgIpc) is 2.75. The molecule has 2 aromatic rings. The number of hydrogen-bond donors (Lipinski definition) is 1. The summed E-state index contributed by atoms with van der Waals surface area (Å²) in [5.41, 5.74) is 3.71. The lowest BCUT2D eigenvalue weighted by Crippen LogP contribution is -2.40. The van der Waals surface area contributed by atoms with Crippen LogP contribution in [0, 0.1) is 13.8 Å². The first kappa shape index (κ1) is 22.8. The van der Waals surface area contributed by atoms with Gasteiger partial charge in [-0.3, -0.25) is 4.79 Å². The molecule has 1 aliphatic rings. The number of nitrogens with one attached hydrogen (secondary N) is 1. The maximum atomic E-state index is 12.9. The first-order valence-electron chi connectivity index (χ1n) is 9.98. The highest BCUT2D eigenvalue weighted by Gasteiger charge is 2.27. The minimum absolute atomic E-state index is 0.147. The number of carbonyl (C=O) groups is 1. The summed E-state index contributed by atoms with van der Waals surface area (Å²) in [7, 11) is -3.63. The molecule has 30 heavy (non-hydrogen) atoms. The molecule has 1 fully saturated rings. The van der Waals surface area contributed by atoms with Gasteiger partial charge in [0.05, 0.1) is 18.1 Å². The summed E-state index contributed by atoms with van der Waals surface area (Å²) in [6.45, 7) is 5.86. The van der Waals surface area contributed by atoms with Crippen molar-refractivity contribution in [3.05, 3.63) is 64.7 Å². The maximum absolute atomic E-state index is 12.9. The summed E-state index contributed by atoms with van der Waals surface area (Å²) in [6, 6.07) is 13.0. The van der Waals surface area contributed by atoms with E-state index in [9.17, 15) is 13.2 Å². The standard InChI is InChI=1S/C22H28N2O4S2/c1-17-5-3-4-6-19(17)16-29-14-9-23-22(25)21-15-20(8-7-18(21)2)30(26,27)24-10-12-28-13-11-24/h3-8,15H,9-14,16H2,1-2H3,(H,23,25). The fraction of sp³-hybridized carbons (Fsp3) is 0.409. The Kier molecular flexibility index (Phi) is 7.93. The molecule has 3 rings (SSSR count). The lowest BCUT2D eigenvalue weighted by atomic mass is 10.1. The van der Waals surface area contributed by atoms with Crippen LogP contribution in [0.2, 0.25) is 0 Å². The number of ether oxygens (including phenoxy) is 1. The van der Waals surface area contributed by atoms with Gasteiger partial charge in [-0.2, -0.15) is 16.1 Å².